The van der Waals surface area contributed by atoms with E-state index >= 15 is 0 Å². The summed E-state index contributed by atoms with van der Waals surface area (Å²) in [5.41, 5.74) is 6.57. The van der Waals surface area contributed by atoms with Crippen LogP contribution in [0, 0.1) is 0 Å². The monoisotopic (exact) mass is 223 g/mol. The molecule has 5 nitrogen and oxygen atoms in total. The Balaban J connectivity index is 2.76. The number of carbonyl (C=O) groups is 1. The van der Waals surface area contributed by atoms with Crippen molar-refractivity contribution in [2.75, 3.05) is 12.3 Å². The van der Waals surface area contributed by atoms with Crippen molar-refractivity contribution in [3.63, 3.8) is 0 Å². The Bertz CT molecular complexity index is 366. The van der Waals surface area contributed by atoms with E-state index in [1.807, 2.05) is 24.8 Å². The zero-order chi connectivity index (χ0) is 12.1. The van der Waals surface area contributed by atoms with Crippen molar-refractivity contribution >= 4 is 11.8 Å². The zero-order valence-electron chi connectivity index (χ0n) is 9.55. The summed E-state index contributed by atoms with van der Waals surface area (Å²) >= 11 is 0. The number of carboxylic acid groups (broad SMARTS) is 1. The summed E-state index contributed by atoms with van der Waals surface area (Å²) in [6.07, 6.45) is 1.62. The molecule has 1 aromatic rings. The van der Waals surface area contributed by atoms with Gasteiger partial charge < -0.3 is 10.8 Å². The first kappa shape index (κ1) is 12.4. The highest BCUT2D eigenvalue weighted by Gasteiger charge is 2.14. The standard InChI is InChI=1S/C11H17N3O2/c1-8(2)14(7-10(15)16)6-9-4-3-5-13-11(9)12/h3-5,8H,6-7H2,1-2H3,(H2,12,13)(H,15,16). The summed E-state index contributed by atoms with van der Waals surface area (Å²) in [5, 5.41) is 8.79. The molecule has 0 fully saturated rings. The Kier molecular flexibility index (Phi) is 4.25. The molecule has 0 aliphatic rings. The third-order valence-corrected chi connectivity index (χ3v) is 2.37. The Labute approximate surface area is 94.9 Å². The number of pyridine rings is 1. The van der Waals surface area contributed by atoms with Crippen molar-refractivity contribution in [2.45, 2.75) is 26.4 Å². The summed E-state index contributed by atoms with van der Waals surface area (Å²) in [6.45, 7) is 4.42. The summed E-state index contributed by atoms with van der Waals surface area (Å²) < 4.78 is 0. The number of anilines is 1. The first-order valence-corrected chi connectivity index (χ1v) is 5.16. The van der Waals surface area contributed by atoms with Gasteiger partial charge in [0.05, 0.1) is 6.54 Å². The van der Waals surface area contributed by atoms with Crippen LogP contribution in [0.15, 0.2) is 18.3 Å². The molecule has 16 heavy (non-hydrogen) atoms. The van der Waals surface area contributed by atoms with E-state index in [0.717, 1.165) is 5.56 Å². The van der Waals surface area contributed by atoms with Crippen molar-refractivity contribution in [1.82, 2.24) is 9.88 Å². The summed E-state index contributed by atoms with van der Waals surface area (Å²) in [4.78, 5) is 16.5. The molecule has 1 aromatic heterocycles. The summed E-state index contributed by atoms with van der Waals surface area (Å²) in [5.74, 6) is -0.380. The molecule has 0 aromatic carbocycles. The van der Waals surface area contributed by atoms with E-state index in [-0.39, 0.29) is 12.6 Å². The van der Waals surface area contributed by atoms with Gasteiger partial charge in [-0.25, -0.2) is 4.98 Å². The van der Waals surface area contributed by atoms with Crippen LogP contribution >= 0.6 is 0 Å². The van der Waals surface area contributed by atoms with Crippen LogP contribution in [0.25, 0.3) is 0 Å². The molecule has 88 valence electrons. The quantitative estimate of drug-likeness (QED) is 0.777. The van der Waals surface area contributed by atoms with Gasteiger partial charge in [-0.3, -0.25) is 9.69 Å². The topological polar surface area (TPSA) is 79.5 Å². The average Bonchev–Trinajstić information content (AvgIpc) is 2.19. The van der Waals surface area contributed by atoms with Gasteiger partial charge in [0, 0.05) is 24.3 Å². The van der Waals surface area contributed by atoms with Crippen LogP contribution in [0.5, 0.6) is 0 Å². The predicted molar refractivity (Wildman–Crippen MR) is 61.8 cm³/mol. The molecule has 0 radical (unpaired) electrons. The number of aliphatic carboxylic acids is 1. The van der Waals surface area contributed by atoms with Crippen molar-refractivity contribution < 1.29 is 9.90 Å². The van der Waals surface area contributed by atoms with Crippen molar-refractivity contribution in [2.24, 2.45) is 0 Å². The van der Waals surface area contributed by atoms with Crippen molar-refractivity contribution in [3.8, 4) is 0 Å². The molecule has 0 unspecified atom stereocenters. The smallest absolute Gasteiger partial charge is 0.317 e. The first-order valence-electron chi connectivity index (χ1n) is 5.16. The second-order valence-electron chi connectivity index (χ2n) is 3.94. The van der Waals surface area contributed by atoms with Crippen molar-refractivity contribution in [1.29, 1.82) is 0 Å². The number of nitrogens with zero attached hydrogens (tertiary/aromatic N) is 2. The van der Waals surface area contributed by atoms with Gasteiger partial charge in [-0.1, -0.05) is 6.07 Å². The summed E-state index contributed by atoms with van der Waals surface area (Å²) in [6, 6.07) is 3.81. The molecule has 0 bridgehead atoms. The normalized spacial score (nSPS) is 11.0. The van der Waals surface area contributed by atoms with E-state index in [4.69, 9.17) is 10.8 Å². The number of hydrogen-bond donors (Lipinski definition) is 2. The SMILES string of the molecule is CC(C)N(CC(=O)O)Cc1cccnc1N. The molecule has 0 amide bonds. The van der Waals surface area contributed by atoms with Gasteiger partial charge in [-0.05, 0) is 19.9 Å². The fourth-order valence-corrected chi connectivity index (χ4v) is 1.40. The van der Waals surface area contributed by atoms with Crippen LogP contribution in [0.1, 0.15) is 19.4 Å². The van der Waals surface area contributed by atoms with Gasteiger partial charge >= 0.3 is 5.97 Å². The maximum absolute atomic E-state index is 10.7. The fraction of sp³-hybridized carbons (Fsp3) is 0.455. The van der Waals surface area contributed by atoms with E-state index in [9.17, 15) is 4.79 Å². The Hall–Kier alpha value is -1.62. The van der Waals surface area contributed by atoms with Gasteiger partial charge in [-0.2, -0.15) is 0 Å². The molecule has 0 aliphatic carbocycles. The highest BCUT2D eigenvalue weighted by atomic mass is 16.4. The summed E-state index contributed by atoms with van der Waals surface area (Å²) in [7, 11) is 0. The molecule has 0 atom stereocenters. The minimum atomic E-state index is -0.837. The van der Waals surface area contributed by atoms with E-state index in [0.29, 0.717) is 12.4 Å². The molecule has 0 spiro atoms. The van der Waals surface area contributed by atoms with E-state index < -0.39 is 5.97 Å². The van der Waals surface area contributed by atoms with E-state index in [1.54, 1.807) is 12.3 Å². The van der Waals surface area contributed by atoms with Crippen LogP contribution < -0.4 is 5.73 Å². The number of carboxylic acids is 1. The van der Waals surface area contributed by atoms with Crippen molar-refractivity contribution in [3.05, 3.63) is 23.9 Å². The highest BCUT2D eigenvalue weighted by Crippen LogP contribution is 2.12. The van der Waals surface area contributed by atoms with Gasteiger partial charge in [0.15, 0.2) is 0 Å². The fourth-order valence-electron chi connectivity index (χ4n) is 1.40. The van der Waals surface area contributed by atoms with Gasteiger partial charge in [0.2, 0.25) is 0 Å². The van der Waals surface area contributed by atoms with Crippen LogP contribution in [0.2, 0.25) is 0 Å². The minimum absolute atomic E-state index is 0.00595. The van der Waals surface area contributed by atoms with Gasteiger partial charge in [-0.15, -0.1) is 0 Å². The lowest BCUT2D eigenvalue weighted by molar-refractivity contribution is -0.138. The van der Waals surface area contributed by atoms with E-state index in [1.165, 1.54) is 0 Å². The number of hydrogen-bond acceptors (Lipinski definition) is 4. The van der Waals surface area contributed by atoms with Crippen LogP contribution in [-0.2, 0) is 11.3 Å². The lowest BCUT2D eigenvalue weighted by atomic mass is 10.2. The number of rotatable bonds is 5. The lowest BCUT2D eigenvalue weighted by Crippen LogP contribution is -2.35. The molecular formula is C11H17N3O2. The predicted octanol–water partition coefficient (Wildman–Crippen LogP) is 0.959. The maximum atomic E-state index is 10.7. The third-order valence-electron chi connectivity index (χ3n) is 2.37. The largest absolute Gasteiger partial charge is 0.480 e. The molecule has 5 heteroatoms. The third kappa shape index (κ3) is 3.51. The Morgan fingerprint density at radius 3 is 2.81 bits per heavy atom. The highest BCUT2D eigenvalue weighted by molar-refractivity contribution is 5.69. The number of nitrogen functional groups attached to an aromatic ring is 1. The average molecular weight is 223 g/mol. The van der Waals surface area contributed by atoms with E-state index in [2.05, 4.69) is 4.98 Å². The molecule has 1 heterocycles. The zero-order valence-corrected chi connectivity index (χ0v) is 9.55. The van der Waals surface area contributed by atoms with Crippen LogP contribution in [0.4, 0.5) is 5.82 Å². The maximum Gasteiger partial charge on any atom is 0.317 e. The van der Waals surface area contributed by atoms with Gasteiger partial charge in [0.1, 0.15) is 5.82 Å². The Morgan fingerprint density at radius 1 is 1.62 bits per heavy atom. The molecule has 0 saturated carbocycles. The number of aromatic nitrogens is 1. The van der Waals surface area contributed by atoms with Gasteiger partial charge in [0.25, 0.3) is 0 Å². The number of nitrogens with two attached hydrogens (primary N) is 1. The second-order valence-corrected chi connectivity index (χ2v) is 3.94. The first-order chi connectivity index (χ1) is 7.50. The van der Waals surface area contributed by atoms with Crippen LogP contribution in [-0.4, -0.2) is 33.5 Å². The molecular weight excluding hydrogens is 206 g/mol. The molecule has 1 rings (SSSR count). The lowest BCUT2D eigenvalue weighted by Gasteiger charge is -2.24. The Morgan fingerprint density at radius 2 is 2.31 bits per heavy atom. The molecule has 0 saturated heterocycles. The second kappa shape index (κ2) is 5.46. The minimum Gasteiger partial charge on any atom is -0.480 e. The molecule has 3 N–H and O–H groups in total. The molecule has 0 aliphatic heterocycles. The van der Waals surface area contributed by atoms with Crippen LogP contribution in [0.3, 0.4) is 0 Å².